The summed E-state index contributed by atoms with van der Waals surface area (Å²) >= 11 is 0. The van der Waals surface area contributed by atoms with Crippen molar-refractivity contribution in [1.82, 2.24) is 5.32 Å². The molecule has 0 aromatic heterocycles. The first-order chi connectivity index (χ1) is 50.8. The van der Waals surface area contributed by atoms with E-state index in [1.165, 1.54) is 103 Å². The first-order valence-corrected chi connectivity index (χ1v) is 40.1. The number of hydrogen-bond acceptors (Lipinski definition) is 18. The molecule has 19 heteroatoms. The predicted molar refractivity (Wildman–Crippen MR) is 415 cm³/mol. The zero-order chi connectivity index (χ0) is 75.3. The number of carbonyl (C=O) groups excluding carboxylic acids is 1. The van der Waals surface area contributed by atoms with Crippen LogP contribution in [0.1, 0.15) is 251 Å². The van der Waals surface area contributed by atoms with Crippen LogP contribution in [0.3, 0.4) is 0 Å². The number of hydrogen-bond donors (Lipinski definition) is 12. The molecule has 594 valence electrons. The molecule has 104 heavy (non-hydrogen) atoms. The molecule has 1 amide bonds. The maximum Gasteiger partial charge on any atom is 0.220 e. The molecule has 0 aromatic rings. The van der Waals surface area contributed by atoms with E-state index in [1.807, 2.05) is 6.08 Å². The quantitative estimate of drug-likeness (QED) is 0.0199. The van der Waals surface area contributed by atoms with Crippen LogP contribution in [0, 0.1) is 0 Å². The number of aliphatic hydroxyl groups excluding tert-OH is 11. The molecule has 3 saturated heterocycles. The van der Waals surface area contributed by atoms with Crippen LogP contribution >= 0.6 is 0 Å². The summed E-state index contributed by atoms with van der Waals surface area (Å²) in [5.74, 6) is -0.296. The van der Waals surface area contributed by atoms with Gasteiger partial charge in [0.05, 0.1) is 38.6 Å². The average molecular weight is 1470 g/mol. The largest absolute Gasteiger partial charge is 0.394 e. The molecular formula is C85H141NO18. The third kappa shape index (κ3) is 43.0. The fourth-order valence-corrected chi connectivity index (χ4v) is 12.5. The zero-order valence-electron chi connectivity index (χ0n) is 63.4. The minimum Gasteiger partial charge on any atom is -0.394 e. The van der Waals surface area contributed by atoms with E-state index in [-0.39, 0.29) is 18.9 Å². The van der Waals surface area contributed by atoms with Gasteiger partial charge in [0, 0.05) is 6.42 Å². The first kappa shape index (κ1) is 93.9. The monoisotopic (exact) mass is 1460 g/mol. The molecule has 0 bridgehead atoms. The van der Waals surface area contributed by atoms with Crippen LogP contribution in [0.25, 0.3) is 0 Å². The van der Waals surface area contributed by atoms with Crippen molar-refractivity contribution in [2.24, 2.45) is 0 Å². The average Bonchev–Trinajstić information content (AvgIpc) is 0.783. The number of aliphatic hydroxyl groups is 11. The van der Waals surface area contributed by atoms with Crippen molar-refractivity contribution in [2.75, 3.05) is 26.4 Å². The summed E-state index contributed by atoms with van der Waals surface area (Å²) in [5.41, 5.74) is 0. The fourth-order valence-electron chi connectivity index (χ4n) is 12.5. The van der Waals surface area contributed by atoms with Crippen LogP contribution in [-0.4, -0.2) is 193 Å². The molecule has 12 N–H and O–H groups in total. The number of nitrogens with one attached hydrogen (secondary N) is 1. The second kappa shape index (κ2) is 63.6. The second-order valence-corrected chi connectivity index (χ2v) is 27.8. The number of carbonyl (C=O) groups is 1. The Kier molecular flexibility index (Phi) is 57.4. The molecule has 3 heterocycles. The zero-order valence-corrected chi connectivity index (χ0v) is 63.4. The number of amides is 1. The number of ether oxygens (including phenoxy) is 6. The van der Waals surface area contributed by atoms with Crippen LogP contribution < -0.4 is 5.32 Å². The van der Waals surface area contributed by atoms with Gasteiger partial charge < -0.3 is 89.9 Å². The third-order valence-electron chi connectivity index (χ3n) is 18.8. The summed E-state index contributed by atoms with van der Waals surface area (Å²) in [6.45, 7) is 1.58. The molecule has 3 aliphatic heterocycles. The van der Waals surface area contributed by atoms with Crippen LogP contribution in [0.4, 0.5) is 0 Å². The first-order valence-electron chi connectivity index (χ1n) is 40.1. The van der Waals surface area contributed by atoms with Crippen molar-refractivity contribution in [3.05, 3.63) is 146 Å². The minimum absolute atomic E-state index is 0.222. The lowest BCUT2D eigenvalue weighted by molar-refractivity contribution is -0.379. The lowest BCUT2D eigenvalue weighted by Gasteiger charge is -2.48. The van der Waals surface area contributed by atoms with Gasteiger partial charge in [-0.1, -0.05) is 275 Å². The smallest absolute Gasteiger partial charge is 0.220 e. The highest BCUT2D eigenvalue weighted by atomic mass is 16.8. The van der Waals surface area contributed by atoms with Crippen LogP contribution in [0.5, 0.6) is 0 Å². The van der Waals surface area contributed by atoms with Gasteiger partial charge in [0.2, 0.25) is 5.91 Å². The van der Waals surface area contributed by atoms with Gasteiger partial charge in [0.25, 0.3) is 0 Å². The van der Waals surface area contributed by atoms with Crippen molar-refractivity contribution in [2.45, 2.75) is 356 Å². The maximum atomic E-state index is 13.5. The van der Waals surface area contributed by atoms with Crippen LogP contribution in [-0.2, 0) is 33.2 Å². The Hall–Kier alpha value is -4.33. The van der Waals surface area contributed by atoms with Gasteiger partial charge in [0.1, 0.15) is 73.2 Å². The van der Waals surface area contributed by atoms with E-state index < -0.39 is 124 Å². The molecule has 19 nitrogen and oxygen atoms in total. The van der Waals surface area contributed by atoms with Crippen LogP contribution in [0.2, 0.25) is 0 Å². The molecule has 3 rings (SSSR count). The molecule has 0 aliphatic carbocycles. The van der Waals surface area contributed by atoms with Gasteiger partial charge in [-0.3, -0.25) is 4.79 Å². The number of allylic oxidation sites excluding steroid dienone is 23. The molecule has 0 spiro atoms. The summed E-state index contributed by atoms with van der Waals surface area (Å²) in [6.07, 6.45) is 65.5. The predicted octanol–water partition coefficient (Wildman–Crippen LogP) is 13.4. The SMILES string of the molecule is CC/C=C\C/C=C\C/C=C\C/C=C\C/C=C\C/C=C\C/C=C\C/C=C\C/C=C\CCCCCCCCCCCCCCCC(=O)NC(COC1OC(CO)C(OC2OC(CO)C(OC3OC(CO)C(O)C(O)C3O)C(O)C2O)C(O)C1O)C(O)/C=C/CC/C=C/CC/C=C/CCCCCCCCCC. The van der Waals surface area contributed by atoms with Crippen molar-refractivity contribution in [3.63, 3.8) is 0 Å². The molecule has 0 saturated carbocycles. The summed E-state index contributed by atoms with van der Waals surface area (Å²) in [6, 6.07) is -1.01. The third-order valence-corrected chi connectivity index (χ3v) is 18.8. The van der Waals surface area contributed by atoms with Gasteiger partial charge in [-0.2, -0.15) is 0 Å². The van der Waals surface area contributed by atoms with Crippen molar-refractivity contribution in [1.29, 1.82) is 0 Å². The molecule has 0 radical (unpaired) electrons. The Balaban J connectivity index is 1.34. The van der Waals surface area contributed by atoms with E-state index in [0.717, 1.165) is 116 Å². The van der Waals surface area contributed by atoms with Gasteiger partial charge in [0.15, 0.2) is 18.9 Å². The standard InChI is InChI=1S/C85H141NO18/c1-3-5-7-9-11-13-15-17-19-21-23-24-25-26-27-28-29-30-31-32-33-34-35-36-37-38-39-40-41-42-43-44-45-47-49-51-53-55-57-59-61-63-73(91)86-68(69(90)62-60-58-56-54-52-50-48-46-22-20-18-16-14-12-10-8-6-4-2)67-99-83-79(97)76(94)81(71(65-88)101-83)104-85-80(98)77(95)82(72(66-89)102-85)103-84-78(96)75(93)74(92)70(64-87)100-84/h5,7,11,13,17,19,22-24,26-27,29-30,32-33,35-36,38-39,46,52,54,60,62,68-72,74-85,87-90,92-98H,3-4,6,8-10,12,14-16,18,20-21,25,28,31,34,37,40-45,47-51,53,55-59,61,63-67H2,1-2H3,(H,86,91)/b7-5-,13-11-,19-17-,24-23-,27-26-,30-29-,33-32-,36-35-,39-38-,46-22+,54-52+,62-60+. The topological polar surface area (TPSA) is 307 Å². The molecular weight excluding hydrogens is 1320 g/mol. The lowest BCUT2D eigenvalue weighted by atomic mass is 9.96. The summed E-state index contributed by atoms with van der Waals surface area (Å²) < 4.78 is 34.4. The van der Waals surface area contributed by atoms with E-state index in [0.29, 0.717) is 12.8 Å². The second-order valence-electron chi connectivity index (χ2n) is 27.8. The van der Waals surface area contributed by atoms with Gasteiger partial charge in [-0.05, 0) is 116 Å². The maximum absolute atomic E-state index is 13.5. The normalized spacial score (nSPS) is 26.7. The Morgan fingerprint density at radius 1 is 0.356 bits per heavy atom. The highest BCUT2D eigenvalue weighted by Crippen LogP contribution is 2.33. The lowest BCUT2D eigenvalue weighted by Crippen LogP contribution is -2.66. The molecule has 17 unspecified atom stereocenters. The summed E-state index contributed by atoms with van der Waals surface area (Å²) in [4.78, 5) is 13.5. The summed E-state index contributed by atoms with van der Waals surface area (Å²) in [7, 11) is 0. The van der Waals surface area contributed by atoms with E-state index in [2.05, 4.69) is 153 Å². The molecule has 0 aromatic carbocycles. The summed E-state index contributed by atoms with van der Waals surface area (Å²) in [5, 5.41) is 121. The van der Waals surface area contributed by atoms with Crippen molar-refractivity contribution in [3.8, 4) is 0 Å². The highest BCUT2D eigenvalue weighted by Gasteiger charge is 2.54. The van der Waals surface area contributed by atoms with Crippen LogP contribution in [0.15, 0.2) is 146 Å². The Morgan fingerprint density at radius 2 is 0.673 bits per heavy atom. The van der Waals surface area contributed by atoms with E-state index >= 15 is 0 Å². The molecule has 3 aliphatic rings. The Labute approximate surface area is 625 Å². The van der Waals surface area contributed by atoms with E-state index in [1.54, 1.807) is 6.08 Å². The van der Waals surface area contributed by atoms with Gasteiger partial charge >= 0.3 is 0 Å². The van der Waals surface area contributed by atoms with Crippen molar-refractivity contribution >= 4 is 5.91 Å². The number of rotatable bonds is 61. The van der Waals surface area contributed by atoms with E-state index in [4.69, 9.17) is 28.4 Å². The highest BCUT2D eigenvalue weighted by molar-refractivity contribution is 5.76. The Morgan fingerprint density at radius 3 is 1.08 bits per heavy atom. The van der Waals surface area contributed by atoms with Gasteiger partial charge in [-0.15, -0.1) is 0 Å². The molecule has 3 fully saturated rings. The van der Waals surface area contributed by atoms with Gasteiger partial charge in [-0.25, -0.2) is 0 Å². The fraction of sp³-hybridized carbons (Fsp3) is 0.706. The van der Waals surface area contributed by atoms with E-state index in [9.17, 15) is 61.0 Å². The minimum atomic E-state index is -1.99. The number of unbranched alkanes of at least 4 members (excludes halogenated alkanes) is 23. The Bertz CT molecular complexity index is 2450. The molecule has 17 atom stereocenters. The van der Waals surface area contributed by atoms with Crippen molar-refractivity contribution < 1.29 is 89.4 Å².